The Labute approximate surface area is 185 Å². The first kappa shape index (κ1) is 22.0. The van der Waals surface area contributed by atoms with E-state index in [1.54, 1.807) is 0 Å². The molecule has 0 spiro atoms. The molecule has 2 fully saturated rings. The summed E-state index contributed by atoms with van der Waals surface area (Å²) in [6, 6.07) is 21.5. The molecule has 0 aromatic heterocycles. The average Bonchev–Trinajstić information content (AvgIpc) is 2.80. The van der Waals surface area contributed by atoms with E-state index in [4.69, 9.17) is 0 Å². The van der Waals surface area contributed by atoms with E-state index in [-0.39, 0.29) is 17.9 Å². The van der Waals surface area contributed by atoms with Crippen molar-refractivity contribution in [2.45, 2.75) is 18.9 Å². The van der Waals surface area contributed by atoms with Gasteiger partial charge in [-0.05, 0) is 12.8 Å². The molecule has 4 rings (SSSR count). The number of carbonyl (C=O) groups is 1. The van der Waals surface area contributed by atoms with E-state index in [1.165, 1.54) is 26.6 Å². The number of rotatable bonds is 5. The van der Waals surface area contributed by atoms with Gasteiger partial charge in [0.1, 0.15) is 6.04 Å². The van der Waals surface area contributed by atoms with Gasteiger partial charge in [0.25, 0.3) is 0 Å². The van der Waals surface area contributed by atoms with Crippen molar-refractivity contribution in [3.8, 4) is 0 Å². The summed E-state index contributed by atoms with van der Waals surface area (Å²) in [6.45, 7) is 4.20. The number of nitrogens with zero attached hydrogens (tertiary/aromatic N) is 2. The molecule has 7 heteroatoms. The molecule has 2 aromatic rings. The van der Waals surface area contributed by atoms with Crippen molar-refractivity contribution in [2.75, 3.05) is 45.5 Å². The van der Waals surface area contributed by atoms with Crippen LogP contribution in [0.3, 0.4) is 0 Å². The van der Waals surface area contributed by atoms with Crippen molar-refractivity contribution in [2.24, 2.45) is 5.92 Å². The van der Waals surface area contributed by atoms with Crippen LogP contribution in [0.15, 0.2) is 60.7 Å². The Morgan fingerprint density at radius 1 is 0.871 bits per heavy atom. The van der Waals surface area contributed by atoms with Crippen molar-refractivity contribution in [3.05, 3.63) is 71.8 Å². The summed E-state index contributed by atoms with van der Waals surface area (Å²) in [5.41, 5.74) is 2.60. The molecule has 1 N–H and O–H groups in total. The van der Waals surface area contributed by atoms with E-state index in [0.717, 1.165) is 26.2 Å². The Balaban J connectivity index is 1.40. The molecule has 0 unspecified atom stereocenters. The highest BCUT2D eigenvalue weighted by molar-refractivity contribution is 7.88. The maximum absolute atomic E-state index is 13.1. The number of benzene rings is 2. The Morgan fingerprint density at radius 2 is 1.35 bits per heavy atom. The van der Waals surface area contributed by atoms with Crippen molar-refractivity contribution >= 4 is 15.9 Å². The molecule has 0 atom stereocenters. The molecule has 166 valence electrons. The van der Waals surface area contributed by atoms with E-state index in [2.05, 4.69) is 48.5 Å². The first-order chi connectivity index (χ1) is 14.9. The highest BCUT2D eigenvalue weighted by Gasteiger charge is 2.35. The second kappa shape index (κ2) is 9.51. The van der Waals surface area contributed by atoms with Gasteiger partial charge < -0.3 is 9.80 Å². The number of quaternary nitrogens is 1. The van der Waals surface area contributed by atoms with E-state index >= 15 is 0 Å². The molecule has 0 saturated carbocycles. The van der Waals surface area contributed by atoms with Crippen LogP contribution in [0.2, 0.25) is 0 Å². The molecule has 2 aliphatic heterocycles. The predicted octanol–water partition coefficient (Wildman–Crippen LogP) is 1.17. The number of amides is 1. The van der Waals surface area contributed by atoms with Crippen molar-refractivity contribution < 1.29 is 18.1 Å². The van der Waals surface area contributed by atoms with Crippen molar-refractivity contribution in [1.29, 1.82) is 0 Å². The van der Waals surface area contributed by atoms with Crippen molar-refractivity contribution in [1.82, 2.24) is 9.21 Å². The Kier molecular flexibility index (Phi) is 6.74. The smallest absolute Gasteiger partial charge is 0.226 e. The monoisotopic (exact) mass is 442 g/mol. The summed E-state index contributed by atoms with van der Waals surface area (Å²) in [5, 5.41) is 0. The highest BCUT2D eigenvalue weighted by Crippen LogP contribution is 2.22. The number of carbonyl (C=O) groups excluding carboxylic acids is 1. The SMILES string of the molecule is CS(=O)(=O)N1CCC(C(=O)N2CC[NH+](C(c3ccccc3)c3ccccc3)CC2)CC1. The fourth-order valence-corrected chi connectivity index (χ4v) is 5.82. The number of hydrogen-bond acceptors (Lipinski definition) is 3. The van der Waals surface area contributed by atoms with Crippen LogP contribution in [-0.2, 0) is 14.8 Å². The summed E-state index contributed by atoms with van der Waals surface area (Å²) >= 11 is 0. The summed E-state index contributed by atoms with van der Waals surface area (Å²) in [4.78, 5) is 16.6. The van der Waals surface area contributed by atoms with Gasteiger partial charge in [-0.3, -0.25) is 4.79 Å². The van der Waals surface area contributed by atoms with Crippen molar-refractivity contribution in [3.63, 3.8) is 0 Å². The highest BCUT2D eigenvalue weighted by atomic mass is 32.2. The van der Waals surface area contributed by atoms with E-state index in [0.29, 0.717) is 25.9 Å². The van der Waals surface area contributed by atoms with E-state index < -0.39 is 10.0 Å². The van der Waals surface area contributed by atoms with Gasteiger partial charge in [-0.2, -0.15) is 0 Å². The number of hydrogen-bond donors (Lipinski definition) is 1. The Bertz CT molecular complexity index is 926. The largest absolute Gasteiger partial charge is 0.331 e. The lowest BCUT2D eigenvalue weighted by molar-refractivity contribution is -0.929. The van der Waals surface area contributed by atoms with Crippen LogP contribution in [0.25, 0.3) is 0 Å². The van der Waals surface area contributed by atoms with Crippen LogP contribution in [-0.4, -0.2) is 69.1 Å². The molecule has 0 radical (unpaired) electrons. The fourth-order valence-electron chi connectivity index (χ4n) is 4.95. The molecule has 2 heterocycles. The minimum Gasteiger partial charge on any atom is -0.331 e. The number of piperidine rings is 1. The molecule has 0 bridgehead atoms. The zero-order chi connectivity index (χ0) is 21.8. The molecule has 0 aliphatic carbocycles. The summed E-state index contributed by atoms with van der Waals surface area (Å²) < 4.78 is 24.9. The predicted molar refractivity (Wildman–Crippen MR) is 121 cm³/mol. The second-order valence-electron chi connectivity index (χ2n) is 8.67. The van der Waals surface area contributed by atoms with Gasteiger partial charge in [-0.25, -0.2) is 12.7 Å². The first-order valence-corrected chi connectivity index (χ1v) is 13.0. The van der Waals surface area contributed by atoms with Gasteiger partial charge in [0, 0.05) is 30.1 Å². The van der Waals surface area contributed by atoms with Gasteiger partial charge in [-0.15, -0.1) is 0 Å². The summed E-state index contributed by atoms with van der Waals surface area (Å²) in [6.07, 6.45) is 2.48. The van der Waals surface area contributed by atoms with Gasteiger partial charge in [0.05, 0.1) is 32.4 Å². The lowest BCUT2D eigenvalue weighted by Crippen LogP contribution is -3.15. The number of sulfonamides is 1. The van der Waals surface area contributed by atoms with Gasteiger partial charge in [-0.1, -0.05) is 60.7 Å². The topological polar surface area (TPSA) is 62.1 Å². The lowest BCUT2D eigenvalue weighted by Gasteiger charge is -2.39. The third kappa shape index (κ3) is 5.17. The minimum atomic E-state index is -3.16. The fraction of sp³-hybridized carbons (Fsp3) is 0.458. The molecule has 2 saturated heterocycles. The van der Waals surface area contributed by atoms with E-state index in [1.807, 2.05) is 17.0 Å². The quantitative estimate of drug-likeness (QED) is 0.756. The lowest BCUT2D eigenvalue weighted by atomic mass is 9.95. The normalized spacial score (nSPS) is 19.6. The van der Waals surface area contributed by atoms with Crippen LogP contribution in [0.4, 0.5) is 0 Å². The van der Waals surface area contributed by atoms with Gasteiger partial charge >= 0.3 is 0 Å². The van der Waals surface area contributed by atoms with Gasteiger partial charge in [0.15, 0.2) is 0 Å². The van der Waals surface area contributed by atoms with Crippen LogP contribution in [0.1, 0.15) is 30.0 Å². The minimum absolute atomic E-state index is 0.0569. The molecule has 2 aromatic carbocycles. The van der Waals surface area contributed by atoms with E-state index in [9.17, 15) is 13.2 Å². The molecule has 2 aliphatic rings. The summed E-state index contributed by atoms with van der Waals surface area (Å²) in [5.74, 6) is 0.141. The van der Waals surface area contributed by atoms with Gasteiger partial charge in [0.2, 0.25) is 15.9 Å². The molecular weight excluding hydrogens is 410 g/mol. The maximum Gasteiger partial charge on any atom is 0.226 e. The standard InChI is InChI=1S/C24H31N3O3S/c1-31(29,30)27-14-12-22(13-15-27)24(28)26-18-16-25(17-19-26)23(20-8-4-2-5-9-20)21-10-6-3-7-11-21/h2-11,22-23H,12-19H2,1H3/p+1. The maximum atomic E-state index is 13.1. The third-order valence-electron chi connectivity index (χ3n) is 6.66. The Hall–Kier alpha value is -2.22. The third-order valence-corrected chi connectivity index (χ3v) is 7.97. The molecular formula is C24H32N3O3S+. The number of piperazine rings is 1. The van der Waals surface area contributed by atoms with Crippen LogP contribution in [0, 0.1) is 5.92 Å². The van der Waals surface area contributed by atoms with Crippen LogP contribution >= 0.6 is 0 Å². The zero-order valence-electron chi connectivity index (χ0n) is 18.1. The summed E-state index contributed by atoms with van der Waals surface area (Å²) in [7, 11) is -3.16. The average molecular weight is 443 g/mol. The zero-order valence-corrected chi connectivity index (χ0v) is 18.9. The first-order valence-electron chi connectivity index (χ1n) is 11.1. The van der Waals surface area contributed by atoms with Crippen LogP contribution in [0.5, 0.6) is 0 Å². The molecule has 31 heavy (non-hydrogen) atoms. The Morgan fingerprint density at radius 3 is 1.81 bits per heavy atom. The number of nitrogens with one attached hydrogen (secondary N) is 1. The van der Waals surface area contributed by atoms with Crippen LogP contribution < -0.4 is 4.90 Å². The molecule has 6 nitrogen and oxygen atoms in total. The second-order valence-corrected chi connectivity index (χ2v) is 10.7. The molecule has 1 amide bonds.